The number of carbonyl (C=O) groups excluding carboxylic acids is 2. The minimum Gasteiger partial charge on any atom is -0.374 e. The van der Waals surface area contributed by atoms with Gasteiger partial charge in [0.1, 0.15) is 0 Å². The normalized spacial score (nSPS) is 19.6. The molecule has 2 aromatic carbocycles. The summed E-state index contributed by atoms with van der Waals surface area (Å²) < 4.78 is 0. The third-order valence-corrected chi connectivity index (χ3v) is 5.27. The fourth-order valence-corrected chi connectivity index (χ4v) is 3.56. The Morgan fingerprint density at radius 1 is 0.852 bits per heavy atom. The van der Waals surface area contributed by atoms with Crippen molar-refractivity contribution in [2.45, 2.75) is 0 Å². The molecule has 2 aromatic rings. The fourth-order valence-electron chi connectivity index (χ4n) is 3.44. The highest BCUT2D eigenvalue weighted by Crippen LogP contribution is 2.33. The number of likely N-dealkylation sites (N-methyl/N-ethyl adjacent to an activating group) is 1. The number of anilines is 1. The van der Waals surface area contributed by atoms with E-state index in [0.717, 1.165) is 26.2 Å². The van der Waals surface area contributed by atoms with E-state index in [1.54, 1.807) is 30.3 Å². The molecule has 6 heteroatoms. The highest BCUT2D eigenvalue weighted by Gasteiger charge is 2.36. The molecular weight excluding hydrogens is 362 g/mol. The van der Waals surface area contributed by atoms with Crippen LogP contribution in [-0.4, -0.2) is 54.8 Å². The van der Waals surface area contributed by atoms with E-state index in [9.17, 15) is 9.59 Å². The summed E-state index contributed by atoms with van der Waals surface area (Å²) in [7, 11) is 2.09. The van der Waals surface area contributed by atoms with Gasteiger partial charge < -0.3 is 9.80 Å². The topological polar surface area (TPSA) is 43.9 Å². The summed E-state index contributed by atoms with van der Waals surface area (Å²) in [6.07, 6.45) is 1.91. The molecule has 0 aliphatic carbocycles. The number of amides is 2. The first kappa shape index (κ1) is 17.8. The molecule has 1 saturated heterocycles. The molecule has 5 nitrogen and oxygen atoms in total. The van der Waals surface area contributed by atoms with Crippen molar-refractivity contribution in [1.29, 1.82) is 0 Å². The van der Waals surface area contributed by atoms with Crippen LogP contribution < -0.4 is 4.90 Å². The Morgan fingerprint density at radius 3 is 2.15 bits per heavy atom. The van der Waals surface area contributed by atoms with Crippen molar-refractivity contribution in [3.63, 3.8) is 0 Å². The number of hydrogen-bond acceptors (Lipinski definition) is 4. The zero-order valence-electron chi connectivity index (χ0n) is 15.1. The largest absolute Gasteiger partial charge is 0.374 e. The monoisotopic (exact) mass is 381 g/mol. The van der Waals surface area contributed by atoms with Gasteiger partial charge in [-0.1, -0.05) is 29.8 Å². The molecule has 0 N–H and O–H groups in total. The predicted octanol–water partition coefficient (Wildman–Crippen LogP) is 3.12. The average molecular weight is 382 g/mol. The number of halogens is 1. The number of benzene rings is 2. The van der Waals surface area contributed by atoms with E-state index >= 15 is 0 Å². The fraction of sp³-hybridized carbons (Fsp3) is 0.238. The van der Waals surface area contributed by atoms with Crippen LogP contribution in [0.25, 0.3) is 5.57 Å². The van der Waals surface area contributed by atoms with Gasteiger partial charge in [0.2, 0.25) is 0 Å². The lowest BCUT2D eigenvalue weighted by Gasteiger charge is -2.34. The Labute approximate surface area is 163 Å². The Morgan fingerprint density at radius 2 is 1.48 bits per heavy atom. The lowest BCUT2D eigenvalue weighted by Crippen LogP contribution is -2.44. The molecular formula is C21H20ClN3O2. The molecule has 0 bridgehead atoms. The molecule has 2 aliphatic heterocycles. The number of hydrogen-bond donors (Lipinski definition) is 0. The second-order valence-corrected chi connectivity index (χ2v) is 7.29. The minimum atomic E-state index is -0.312. The van der Waals surface area contributed by atoms with E-state index in [2.05, 4.69) is 16.8 Å². The molecule has 1 fully saturated rings. The number of nitrogens with zero attached hydrogens (tertiary/aromatic N) is 3. The third-order valence-electron chi connectivity index (χ3n) is 5.02. The van der Waals surface area contributed by atoms with Gasteiger partial charge in [-0.3, -0.25) is 9.59 Å². The maximum absolute atomic E-state index is 13.3. The third kappa shape index (κ3) is 3.36. The molecule has 2 amide bonds. The SMILES string of the molecule is CN1CCN(/C=C2/C(=O)N(c3ccc(Cl)cc3)C(=O)c3ccccc32)CC1. The molecule has 4 rings (SSSR count). The molecule has 138 valence electrons. The first-order valence-corrected chi connectivity index (χ1v) is 9.30. The number of imide groups is 1. The first-order valence-electron chi connectivity index (χ1n) is 8.93. The van der Waals surface area contributed by atoms with Gasteiger partial charge in [-0.05, 0) is 37.4 Å². The summed E-state index contributed by atoms with van der Waals surface area (Å²) in [5.41, 5.74) is 2.29. The number of fused-ring (bicyclic) bond motifs is 1. The van der Waals surface area contributed by atoms with E-state index in [-0.39, 0.29) is 11.8 Å². The number of carbonyl (C=O) groups is 2. The zero-order valence-corrected chi connectivity index (χ0v) is 15.8. The number of piperazine rings is 1. The van der Waals surface area contributed by atoms with Crippen LogP contribution in [0, 0.1) is 0 Å². The molecule has 0 spiro atoms. The van der Waals surface area contributed by atoms with Crippen molar-refractivity contribution in [2.75, 3.05) is 38.1 Å². The van der Waals surface area contributed by atoms with E-state index in [1.807, 2.05) is 24.4 Å². The van der Waals surface area contributed by atoms with E-state index in [1.165, 1.54) is 4.90 Å². The van der Waals surface area contributed by atoms with Gasteiger partial charge in [-0.25, -0.2) is 4.90 Å². The van der Waals surface area contributed by atoms with Crippen LogP contribution in [0.3, 0.4) is 0 Å². The van der Waals surface area contributed by atoms with Crippen molar-refractivity contribution in [3.05, 3.63) is 70.9 Å². The van der Waals surface area contributed by atoms with Gasteiger partial charge >= 0.3 is 0 Å². The summed E-state index contributed by atoms with van der Waals surface area (Å²) in [5, 5.41) is 0.559. The van der Waals surface area contributed by atoms with Crippen molar-refractivity contribution in [1.82, 2.24) is 9.80 Å². The van der Waals surface area contributed by atoms with Crippen LogP contribution in [0.5, 0.6) is 0 Å². The number of rotatable bonds is 2. The standard InChI is InChI=1S/C21H20ClN3O2/c1-23-10-12-24(13-11-23)14-19-17-4-2-3-5-18(17)20(26)25(21(19)27)16-8-6-15(22)7-9-16/h2-9,14H,10-13H2,1H3/b19-14+. The van der Waals surface area contributed by atoms with Crippen molar-refractivity contribution < 1.29 is 9.59 Å². The van der Waals surface area contributed by atoms with E-state index < -0.39 is 0 Å². The Kier molecular flexibility index (Phi) is 4.72. The Balaban J connectivity index is 1.78. The van der Waals surface area contributed by atoms with Gasteiger partial charge in [0, 0.05) is 48.5 Å². The van der Waals surface area contributed by atoms with Crippen molar-refractivity contribution >= 4 is 34.7 Å². The molecule has 2 heterocycles. The quantitative estimate of drug-likeness (QED) is 0.592. The van der Waals surface area contributed by atoms with Crippen LogP contribution in [0.2, 0.25) is 5.02 Å². The molecule has 0 saturated carbocycles. The van der Waals surface area contributed by atoms with Gasteiger partial charge in [0.05, 0.1) is 11.3 Å². The predicted molar refractivity (Wildman–Crippen MR) is 107 cm³/mol. The molecule has 27 heavy (non-hydrogen) atoms. The lowest BCUT2D eigenvalue weighted by atomic mass is 9.93. The van der Waals surface area contributed by atoms with Gasteiger partial charge in [-0.2, -0.15) is 0 Å². The Hall–Kier alpha value is -2.63. The lowest BCUT2D eigenvalue weighted by molar-refractivity contribution is -0.112. The van der Waals surface area contributed by atoms with Gasteiger partial charge in [-0.15, -0.1) is 0 Å². The Bertz CT molecular complexity index is 915. The van der Waals surface area contributed by atoms with Crippen LogP contribution in [0.15, 0.2) is 54.7 Å². The van der Waals surface area contributed by atoms with Gasteiger partial charge in [0.15, 0.2) is 0 Å². The summed E-state index contributed by atoms with van der Waals surface area (Å²) >= 11 is 5.96. The zero-order chi connectivity index (χ0) is 19.0. The minimum absolute atomic E-state index is 0.306. The second kappa shape index (κ2) is 7.18. The van der Waals surface area contributed by atoms with Crippen molar-refractivity contribution in [2.24, 2.45) is 0 Å². The van der Waals surface area contributed by atoms with Crippen LogP contribution in [-0.2, 0) is 4.79 Å². The van der Waals surface area contributed by atoms with Crippen LogP contribution in [0.1, 0.15) is 15.9 Å². The first-order chi connectivity index (χ1) is 13.0. The average Bonchev–Trinajstić information content (AvgIpc) is 2.68. The second-order valence-electron chi connectivity index (χ2n) is 6.85. The maximum atomic E-state index is 13.3. The molecule has 0 atom stereocenters. The van der Waals surface area contributed by atoms with Crippen LogP contribution in [0.4, 0.5) is 5.69 Å². The maximum Gasteiger partial charge on any atom is 0.267 e. The van der Waals surface area contributed by atoms with E-state index in [4.69, 9.17) is 11.6 Å². The highest BCUT2D eigenvalue weighted by atomic mass is 35.5. The summed E-state index contributed by atoms with van der Waals surface area (Å²) in [6, 6.07) is 14.0. The smallest absolute Gasteiger partial charge is 0.267 e. The molecule has 0 radical (unpaired) electrons. The van der Waals surface area contributed by atoms with Gasteiger partial charge in [0.25, 0.3) is 11.8 Å². The highest BCUT2D eigenvalue weighted by molar-refractivity contribution is 6.41. The van der Waals surface area contributed by atoms with Crippen LogP contribution >= 0.6 is 11.6 Å². The molecule has 0 unspecified atom stereocenters. The van der Waals surface area contributed by atoms with Crippen molar-refractivity contribution in [3.8, 4) is 0 Å². The molecule has 2 aliphatic rings. The summed E-state index contributed by atoms with van der Waals surface area (Å²) in [5.74, 6) is -0.617. The summed E-state index contributed by atoms with van der Waals surface area (Å²) in [6.45, 7) is 3.59. The van der Waals surface area contributed by atoms with E-state index in [0.29, 0.717) is 27.4 Å². The molecule has 0 aromatic heterocycles. The summed E-state index contributed by atoms with van der Waals surface area (Å²) in [4.78, 5) is 32.0.